The average molecular weight is 435 g/mol. The number of benzene rings is 1. The summed E-state index contributed by atoms with van der Waals surface area (Å²) in [5.74, 6) is 3.11. The summed E-state index contributed by atoms with van der Waals surface area (Å²) in [7, 11) is 0. The molecule has 0 bridgehead atoms. The molecule has 6 heteroatoms. The van der Waals surface area contributed by atoms with E-state index in [1.54, 1.807) is 0 Å². The van der Waals surface area contributed by atoms with Gasteiger partial charge in [0.1, 0.15) is 17.3 Å². The lowest BCUT2D eigenvalue weighted by Crippen LogP contribution is -2.42. The van der Waals surface area contributed by atoms with Gasteiger partial charge in [-0.15, -0.1) is 0 Å². The number of carbonyl (C=O) groups excluding carboxylic acids is 1. The number of amides is 1. The first-order valence-corrected chi connectivity index (χ1v) is 10.3. The highest BCUT2D eigenvalue weighted by Gasteiger charge is 2.27. The standard InChI is InChI=1S/C21H27BrN2O3/c1-15-9-11-24(12-10-15)19(20-8-3-16(2)27-20)13-23-21(25)14-26-18-6-4-17(22)5-7-18/h3-8,15,19H,9-14H2,1-2H3,(H,23,25). The van der Waals surface area contributed by atoms with E-state index in [-0.39, 0.29) is 18.6 Å². The minimum absolute atomic E-state index is 0.00255. The second kappa shape index (κ2) is 9.42. The first kappa shape index (κ1) is 20.0. The Kier molecular flexibility index (Phi) is 6.96. The zero-order valence-corrected chi connectivity index (χ0v) is 17.5. The molecular weight excluding hydrogens is 408 g/mol. The summed E-state index contributed by atoms with van der Waals surface area (Å²) in [6.07, 6.45) is 2.35. The van der Waals surface area contributed by atoms with Crippen LogP contribution in [-0.2, 0) is 4.79 Å². The summed E-state index contributed by atoms with van der Waals surface area (Å²) < 4.78 is 12.4. The van der Waals surface area contributed by atoms with Crippen LogP contribution in [0.4, 0.5) is 0 Å². The van der Waals surface area contributed by atoms with E-state index in [9.17, 15) is 4.79 Å². The Balaban J connectivity index is 1.55. The van der Waals surface area contributed by atoms with E-state index < -0.39 is 0 Å². The van der Waals surface area contributed by atoms with Crippen molar-refractivity contribution in [2.75, 3.05) is 26.2 Å². The molecule has 1 fully saturated rings. The molecule has 5 nitrogen and oxygen atoms in total. The Labute approximate surface area is 169 Å². The number of nitrogens with one attached hydrogen (secondary N) is 1. The molecule has 146 valence electrons. The molecule has 1 saturated heterocycles. The predicted molar refractivity (Wildman–Crippen MR) is 109 cm³/mol. The van der Waals surface area contributed by atoms with Crippen LogP contribution in [0.1, 0.15) is 37.3 Å². The molecule has 1 amide bonds. The number of hydrogen-bond donors (Lipinski definition) is 1. The van der Waals surface area contributed by atoms with E-state index in [1.165, 1.54) is 12.8 Å². The van der Waals surface area contributed by atoms with Gasteiger partial charge in [-0.1, -0.05) is 22.9 Å². The van der Waals surface area contributed by atoms with Crippen molar-refractivity contribution in [1.82, 2.24) is 10.2 Å². The van der Waals surface area contributed by atoms with Crippen molar-refractivity contribution in [3.8, 4) is 5.75 Å². The Morgan fingerprint density at radius 1 is 1.26 bits per heavy atom. The van der Waals surface area contributed by atoms with Crippen LogP contribution >= 0.6 is 15.9 Å². The fourth-order valence-electron chi connectivity index (χ4n) is 3.32. The van der Waals surface area contributed by atoms with E-state index in [1.807, 2.05) is 43.3 Å². The number of carbonyl (C=O) groups is 1. The van der Waals surface area contributed by atoms with Crippen molar-refractivity contribution in [3.05, 3.63) is 52.4 Å². The van der Waals surface area contributed by atoms with Gasteiger partial charge in [0.05, 0.1) is 6.04 Å². The molecule has 0 saturated carbocycles. The fourth-order valence-corrected chi connectivity index (χ4v) is 3.59. The maximum Gasteiger partial charge on any atom is 0.258 e. The number of piperidine rings is 1. The van der Waals surface area contributed by atoms with Crippen molar-refractivity contribution < 1.29 is 13.9 Å². The molecule has 0 radical (unpaired) electrons. The van der Waals surface area contributed by atoms with Crippen molar-refractivity contribution in [1.29, 1.82) is 0 Å². The number of nitrogens with zero attached hydrogens (tertiary/aromatic N) is 1. The summed E-state index contributed by atoms with van der Waals surface area (Å²) in [6, 6.07) is 11.5. The normalized spacial score (nSPS) is 16.9. The molecule has 1 unspecified atom stereocenters. The number of furan rings is 1. The molecule has 0 spiro atoms. The summed E-state index contributed by atoms with van der Waals surface area (Å²) in [4.78, 5) is 14.7. The maximum absolute atomic E-state index is 12.3. The van der Waals surface area contributed by atoms with Gasteiger partial charge in [-0.3, -0.25) is 9.69 Å². The minimum Gasteiger partial charge on any atom is -0.484 e. The van der Waals surface area contributed by atoms with Crippen molar-refractivity contribution in [3.63, 3.8) is 0 Å². The Bertz CT molecular complexity index is 736. The summed E-state index contributed by atoms with van der Waals surface area (Å²) in [5.41, 5.74) is 0. The highest BCUT2D eigenvalue weighted by Crippen LogP contribution is 2.27. The Morgan fingerprint density at radius 3 is 2.59 bits per heavy atom. The molecule has 1 N–H and O–H groups in total. The predicted octanol–water partition coefficient (Wildman–Crippen LogP) is 4.32. The number of likely N-dealkylation sites (tertiary alicyclic amines) is 1. The van der Waals surface area contributed by atoms with Crippen molar-refractivity contribution in [2.24, 2.45) is 5.92 Å². The highest BCUT2D eigenvalue weighted by atomic mass is 79.9. The quantitative estimate of drug-likeness (QED) is 0.704. The molecule has 27 heavy (non-hydrogen) atoms. The molecule has 2 aromatic rings. The van der Waals surface area contributed by atoms with Gasteiger partial charge in [0.25, 0.3) is 5.91 Å². The summed E-state index contributed by atoms with van der Waals surface area (Å²) in [6.45, 7) is 6.81. The van der Waals surface area contributed by atoms with Crippen LogP contribution in [0.2, 0.25) is 0 Å². The van der Waals surface area contributed by atoms with Crippen molar-refractivity contribution in [2.45, 2.75) is 32.7 Å². The van der Waals surface area contributed by atoms with Gasteiger partial charge in [0.15, 0.2) is 6.61 Å². The molecule has 1 aliphatic heterocycles. The van der Waals surface area contributed by atoms with Crippen LogP contribution in [0.25, 0.3) is 0 Å². The smallest absolute Gasteiger partial charge is 0.258 e. The summed E-state index contributed by atoms with van der Waals surface area (Å²) in [5, 5.41) is 3.01. The van der Waals surface area contributed by atoms with Crippen LogP contribution in [0.3, 0.4) is 0 Å². The van der Waals surface area contributed by atoms with Crippen LogP contribution in [-0.4, -0.2) is 37.0 Å². The van der Waals surface area contributed by atoms with Crippen LogP contribution in [0, 0.1) is 12.8 Å². The van der Waals surface area contributed by atoms with Crippen LogP contribution in [0.5, 0.6) is 5.75 Å². The molecule has 1 aromatic carbocycles. The molecule has 2 heterocycles. The number of aryl methyl sites for hydroxylation is 1. The zero-order valence-electron chi connectivity index (χ0n) is 15.9. The largest absolute Gasteiger partial charge is 0.484 e. The number of hydrogen-bond acceptors (Lipinski definition) is 4. The van der Waals surface area contributed by atoms with Gasteiger partial charge in [0, 0.05) is 11.0 Å². The Morgan fingerprint density at radius 2 is 1.96 bits per heavy atom. The molecule has 1 aliphatic rings. The highest BCUT2D eigenvalue weighted by molar-refractivity contribution is 9.10. The lowest BCUT2D eigenvalue weighted by Gasteiger charge is -2.35. The minimum atomic E-state index is -0.128. The van der Waals surface area contributed by atoms with E-state index in [0.717, 1.165) is 35.0 Å². The lowest BCUT2D eigenvalue weighted by molar-refractivity contribution is -0.123. The molecule has 1 atom stereocenters. The number of rotatable bonds is 7. The third-order valence-corrected chi connectivity index (χ3v) is 5.55. The van der Waals surface area contributed by atoms with Crippen molar-refractivity contribution >= 4 is 21.8 Å². The lowest BCUT2D eigenvalue weighted by atomic mass is 9.97. The van der Waals surface area contributed by atoms with Crippen LogP contribution < -0.4 is 10.1 Å². The van der Waals surface area contributed by atoms with Crippen LogP contribution in [0.15, 0.2) is 45.3 Å². The number of halogens is 1. The molecular formula is C21H27BrN2O3. The van der Waals surface area contributed by atoms with E-state index in [2.05, 4.69) is 33.1 Å². The average Bonchev–Trinajstić information content (AvgIpc) is 3.09. The summed E-state index contributed by atoms with van der Waals surface area (Å²) >= 11 is 3.38. The van der Waals surface area contributed by atoms with E-state index in [4.69, 9.17) is 9.15 Å². The first-order valence-electron chi connectivity index (χ1n) is 9.46. The maximum atomic E-state index is 12.3. The third kappa shape index (κ3) is 5.84. The third-order valence-electron chi connectivity index (χ3n) is 5.02. The zero-order chi connectivity index (χ0) is 19.2. The van der Waals surface area contributed by atoms with Gasteiger partial charge >= 0.3 is 0 Å². The second-order valence-electron chi connectivity index (χ2n) is 7.23. The SMILES string of the molecule is Cc1ccc(C(CNC(=O)COc2ccc(Br)cc2)N2CCC(C)CC2)o1. The monoisotopic (exact) mass is 434 g/mol. The molecule has 1 aromatic heterocycles. The van der Waals surface area contributed by atoms with E-state index >= 15 is 0 Å². The van der Waals surface area contributed by atoms with Gasteiger partial charge in [-0.25, -0.2) is 0 Å². The first-order chi connectivity index (χ1) is 13.0. The van der Waals surface area contributed by atoms with Gasteiger partial charge in [-0.2, -0.15) is 0 Å². The molecule has 0 aliphatic carbocycles. The Hall–Kier alpha value is -1.79. The van der Waals surface area contributed by atoms with E-state index in [0.29, 0.717) is 12.3 Å². The second-order valence-corrected chi connectivity index (χ2v) is 8.15. The van der Waals surface area contributed by atoms with Gasteiger partial charge in [0.2, 0.25) is 0 Å². The fraction of sp³-hybridized carbons (Fsp3) is 0.476. The van der Waals surface area contributed by atoms with Gasteiger partial charge in [-0.05, 0) is 75.2 Å². The topological polar surface area (TPSA) is 54.7 Å². The number of ether oxygens (including phenoxy) is 1. The molecule has 3 rings (SSSR count). The van der Waals surface area contributed by atoms with Gasteiger partial charge < -0.3 is 14.5 Å².